The van der Waals surface area contributed by atoms with E-state index >= 15 is 0 Å². The molecule has 0 bridgehead atoms. The van der Waals surface area contributed by atoms with Crippen LogP contribution in [0.2, 0.25) is 0 Å². The lowest BCUT2D eigenvalue weighted by atomic mass is 10.1. The smallest absolute Gasteiger partial charge is 0.408 e. The number of carbonyl (C=O) groups is 2. The Bertz CT molecular complexity index is 1180. The zero-order chi connectivity index (χ0) is 20.6. The molecule has 148 valence electrons. The molecule has 0 saturated heterocycles. The Labute approximate surface area is 170 Å². The van der Waals surface area contributed by atoms with Crippen LogP contribution in [0.4, 0.5) is 0 Å². The van der Waals surface area contributed by atoms with Gasteiger partial charge in [-0.1, -0.05) is 42.5 Å². The maximum Gasteiger partial charge on any atom is 0.420 e. The van der Waals surface area contributed by atoms with Gasteiger partial charge in [-0.15, -0.1) is 5.10 Å². The van der Waals surface area contributed by atoms with Gasteiger partial charge in [-0.05, 0) is 29.5 Å². The second-order valence-electron chi connectivity index (χ2n) is 6.59. The zero-order valence-corrected chi connectivity index (χ0v) is 16.6. The third kappa shape index (κ3) is 3.33. The van der Waals surface area contributed by atoms with Gasteiger partial charge in [-0.25, -0.2) is 9.80 Å². The van der Waals surface area contributed by atoms with Gasteiger partial charge >= 0.3 is 5.76 Å². The van der Waals surface area contributed by atoms with Crippen molar-refractivity contribution in [2.75, 3.05) is 0 Å². The van der Waals surface area contributed by atoms with E-state index in [2.05, 4.69) is 10.4 Å². The number of hydrazone groups is 1. The van der Waals surface area contributed by atoms with Gasteiger partial charge in [0, 0.05) is 13.8 Å². The Morgan fingerprint density at radius 1 is 1.10 bits per heavy atom. The van der Waals surface area contributed by atoms with Crippen molar-refractivity contribution in [1.29, 1.82) is 0 Å². The van der Waals surface area contributed by atoms with Gasteiger partial charge in [0.15, 0.2) is 15.6 Å². The summed E-state index contributed by atoms with van der Waals surface area (Å²) in [5, 5.41) is 8.59. The zero-order valence-electron chi connectivity index (χ0n) is 15.8. The number of rotatable bonds is 3. The number of aromatic nitrogens is 1. The predicted octanol–water partition coefficient (Wildman–Crippen LogP) is 2.45. The van der Waals surface area contributed by atoms with Crippen LogP contribution in [0.15, 0.2) is 68.9 Å². The van der Waals surface area contributed by atoms with Gasteiger partial charge in [0.1, 0.15) is 0 Å². The van der Waals surface area contributed by atoms with Gasteiger partial charge in [-0.2, -0.15) is 0 Å². The first-order chi connectivity index (χ1) is 13.9. The molecule has 1 atom stereocenters. The number of nitrogens with one attached hydrogen (secondary N) is 1. The molecule has 1 N–H and O–H groups in total. The molecule has 1 aromatic heterocycles. The Morgan fingerprint density at radius 3 is 2.48 bits per heavy atom. The molecule has 29 heavy (non-hydrogen) atoms. The van der Waals surface area contributed by atoms with Crippen molar-refractivity contribution in [3.63, 3.8) is 0 Å². The maximum atomic E-state index is 12.6. The SMILES string of the molecule is CC(=O)NC1=NN(C(C)=O)[C@@](Cn2c(=O)oc3ccccc32)(c2ccccc2)S1. The normalized spacial score (nSPS) is 18.7. The van der Waals surface area contributed by atoms with Crippen molar-refractivity contribution in [3.8, 4) is 0 Å². The molecule has 4 rings (SSSR count). The molecule has 2 aromatic carbocycles. The third-order valence-electron chi connectivity index (χ3n) is 4.55. The first-order valence-corrected chi connectivity index (χ1v) is 9.72. The molecule has 3 aromatic rings. The van der Waals surface area contributed by atoms with E-state index in [0.717, 1.165) is 5.56 Å². The Kier molecular flexibility index (Phi) is 4.75. The summed E-state index contributed by atoms with van der Waals surface area (Å²) in [6, 6.07) is 16.4. The highest BCUT2D eigenvalue weighted by Crippen LogP contribution is 2.46. The number of oxazole rings is 1. The van der Waals surface area contributed by atoms with Crippen LogP contribution < -0.4 is 11.1 Å². The molecular formula is C20H18N4O4S. The van der Waals surface area contributed by atoms with Crippen LogP contribution in [0.5, 0.6) is 0 Å². The lowest BCUT2D eigenvalue weighted by Gasteiger charge is -2.35. The van der Waals surface area contributed by atoms with E-state index in [4.69, 9.17) is 4.42 Å². The van der Waals surface area contributed by atoms with E-state index in [0.29, 0.717) is 11.1 Å². The van der Waals surface area contributed by atoms with Crippen LogP contribution in [-0.2, 0) is 21.0 Å². The van der Waals surface area contributed by atoms with Gasteiger partial charge < -0.3 is 9.73 Å². The van der Waals surface area contributed by atoms with Crippen LogP contribution in [0.25, 0.3) is 11.1 Å². The van der Waals surface area contributed by atoms with Gasteiger partial charge in [-0.3, -0.25) is 14.2 Å². The van der Waals surface area contributed by atoms with Crippen molar-refractivity contribution >= 4 is 39.8 Å². The van der Waals surface area contributed by atoms with E-state index in [9.17, 15) is 14.4 Å². The minimum atomic E-state index is -1.07. The topological polar surface area (TPSA) is 96.9 Å². The van der Waals surface area contributed by atoms with Gasteiger partial charge in [0.25, 0.3) is 0 Å². The molecule has 1 aliphatic rings. The molecule has 0 saturated carbocycles. The first kappa shape index (κ1) is 19.0. The monoisotopic (exact) mass is 410 g/mol. The molecule has 0 radical (unpaired) electrons. The first-order valence-electron chi connectivity index (χ1n) is 8.90. The highest BCUT2D eigenvalue weighted by molar-refractivity contribution is 8.14. The quantitative estimate of drug-likeness (QED) is 0.715. The molecule has 8 nitrogen and oxygen atoms in total. The van der Waals surface area contributed by atoms with E-state index in [1.54, 1.807) is 18.2 Å². The number of thioether (sulfide) groups is 1. The van der Waals surface area contributed by atoms with Gasteiger partial charge in [0.2, 0.25) is 11.8 Å². The lowest BCUT2D eigenvalue weighted by molar-refractivity contribution is -0.132. The second-order valence-corrected chi connectivity index (χ2v) is 7.86. The third-order valence-corrected chi connectivity index (χ3v) is 5.80. The summed E-state index contributed by atoms with van der Waals surface area (Å²) in [4.78, 5) is 35.7. The highest BCUT2D eigenvalue weighted by Gasteiger charge is 2.49. The fourth-order valence-corrected chi connectivity index (χ4v) is 4.71. The summed E-state index contributed by atoms with van der Waals surface area (Å²) in [5.74, 6) is -1.14. The second kappa shape index (κ2) is 7.25. The summed E-state index contributed by atoms with van der Waals surface area (Å²) in [6.45, 7) is 2.86. The van der Waals surface area contributed by atoms with E-state index in [1.165, 1.54) is 35.2 Å². The van der Waals surface area contributed by atoms with Crippen LogP contribution in [0, 0.1) is 0 Å². The van der Waals surface area contributed by atoms with Crippen molar-refractivity contribution in [2.24, 2.45) is 5.10 Å². The summed E-state index contributed by atoms with van der Waals surface area (Å²) >= 11 is 1.21. The maximum absolute atomic E-state index is 12.6. The molecular weight excluding hydrogens is 392 g/mol. The fourth-order valence-electron chi connectivity index (χ4n) is 3.37. The fraction of sp³-hybridized carbons (Fsp3) is 0.200. The van der Waals surface area contributed by atoms with Crippen molar-refractivity contribution in [1.82, 2.24) is 14.9 Å². The largest absolute Gasteiger partial charge is 0.420 e. The summed E-state index contributed by atoms with van der Waals surface area (Å²) in [6.07, 6.45) is 0. The lowest BCUT2D eigenvalue weighted by Crippen LogP contribution is -2.45. The van der Waals surface area contributed by atoms with Crippen LogP contribution in [0.1, 0.15) is 19.4 Å². The average Bonchev–Trinajstić information content (AvgIpc) is 3.21. The van der Waals surface area contributed by atoms with E-state index in [-0.39, 0.29) is 23.5 Å². The summed E-state index contributed by atoms with van der Waals surface area (Å²) in [7, 11) is 0. The average molecular weight is 410 g/mol. The Balaban J connectivity index is 1.88. The van der Waals surface area contributed by atoms with Crippen molar-refractivity contribution in [2.45, 2.75) is 25.3 Å². The Morgan fingerprint density at radius 2 is 1.79 bits per heavy atom. The minimum Gasteiger partial charge on any atom is -0.408 e. The number of hydrogen-bond acceptors (Lipinski definition) is 6. The molecule has 0 unspecified atom stereocenters. The molecule has 9 heteroatoms. The number of carbonyl (C=O) groups excluding carboxylic acids is 2. The van der Waals surface area contributed by atoms with Gasteiger partial charge in [0.05, 0.1) is 12.1 Å². The van der Waals surface area contributed by atoms with Crippen LogP contribution in [-0.4, -0.2) is 26.6 Å². The van der Waals surface area contributed by atoms with E-state index < -0.39 is 10.6 Å². The highest BCUT2D eigenvalue weighted by atomic mass is 32.2. The number of hydrogen-bond donors (Lipinski definition) is 1. The molecule has 0 fully saturated rings. The van der Waals surface area contributed by atoms with Crippen molar-refractivity contribution < 1.29 is 14.0 Å². The van der Waals surface area contributed by atoms with Crippen molar-refractivity contribution in [3.05, 3.63) is 70.7 Å². The minimum absolute atomic E-state index is 0.0870. The van der Waals surface area contributed by atoms with Crippen LogP contribution >= 0.6 is 11.8 Å². The van der Waals surface area contributed by atoms with E-state index in [1.807, 2.05) is 36.4 Å². The number of benzene rings is 2. The number of fused-ring (bicyclic) bond motifs is 1. The Hall–Kier alpha value is -3.33. The molecule has 2 amide bonds. The number of amides is 2. The predicted molar refractivity (Wildman–Crippen MR) is 110 cm³/mol. The summed E-state index contributed by atoms with van der Waals surface area (Å²) in [5.41, 5.74) is 1.84. The number of para-hydroxylation sites is 2. The van der Waals surface area contributed by atoms with Crippen LogP contribution in [0.3, 0.4) is 0 Å². The molecule has 0 spiro atoms. The molecule has 1 aliphatic heterocycles. The standard InChI is InChI=1S/C20H18N4O4S/c1-13(25)21-18-22-24(14(2)26)20(29-18,15-8-4-3-5-9-15)12-23-16-10-6-7-11-17(16)28-19(23)27/h3-11H,12H2,1-2H3,(H,21,22,25)/t20-/m1/s1. The number of nitrogens with zero attached hydrogens (tertiary/aromatic N) is 3. The molecule has 0 aliphatic carbocycles. The number of amidine groups is 1. The molecule has 2 heterocycles. The summed E-state index contributed by atoms with van der Waals surface area (Å²) < 4.78 is 6.85.